The van der Waals surface area contributed by atoms with Crippen LogP contribution >= 0.6 is 11.6 Å². The van der Waals surface area contributed by atoms with Gasteiger partial charge in [0, 0.05) is 35.3 Å². The second kappa shape index (κ2) is 8.00. The van der Waals surface area contributed by atoms with E-state index in [9.17, 15) is 9.32 Å². The molecule has 7 heteroatoms. The predicted octanol–water partition coefficient (Wildman–Crippen LogP) is 4.64. The molecule has 170 valence electrons. The number of hydrogen-bond acceptors (Lipinski definition) is 5. The van der Waals surface area contributed by atoms with Gasteiger partial charge in [-0.25, -0.2) is 4.98 Å². The molecule has 3 atom stereocenters. The van der Waals surface area contributed by atoms with Crippen LogP contribution < -0.4 is 10.2 Å². The van der Waals surface area contributed by atoms with Gasteiger partial charge in [0.2, 0.25) is 0 Å². The van der Waals surface area contributed by atoms with Gasteiger partial charge in [-0.2, -0.15) is 0 Å². The third-order valence-electron chi connectivity index (χ3n) is 8.13. The Balaban J connectivity index is 1.31. The highest BCUT2D eigenvalue weighted by Gasteiger charge is 2.43. The zero-order chi connectivity index (χ0) is 21.9. The molecule has 2 aromatic rings. The van der Waals surface area contributed by atoms with E-state index >= 15 is 0 Å². The summed E-state index contributed by atoms with van der Waals surface area (Å²) in [5.41, 5.74) is 3.05. The van der Waals surface area contributed by atoms with Crippen molar-refractivity contribution in [3.63, 3.8) is 0 Å². The Bertz CT molecular complexity index is 1040. The number of nitrogens with zero attached hydrogens (tertiary/aromatic N) is 2. The van der Waals surface area contributed by atoms with Crippen molar-refractivity contribution >= 4 is 33.9 Å². The predicted molar refractivity (Wildman–Crippen MR) is 129 cm³/mol. The molecule has 3 unspecified atom stereocenters. The van der Waals surface area contributed by atoms with Crippen LogP contribution in [0.2, 0.25) is 5.02 Å². The van der Waals surface area contributed by atoms with Crippen molar-refractivity contribution in [3.05, 3.63) is 46.6 Å². The van der Waals surface area contributed by atoms with Gasteiger partial charge in [0.05, 0.1) is 39.2 Å². The van der Waals surface area contributed by atoms with E-state index in [4.69, 9.17) is 16.6 Å². The molecule has 1 aliphatic carbocycles. The molecule has 1 aromatic carbocycles. The lowest BCUT2D eigenvalue weighted by Gasteiger charge is -2.43. The number of anilines is 2. The molecule has 3 aliphatic heterocycles. The first-order valence-corrected chi connectivity index (χ1v) is 13.6. The monoisotopic (exact) mass is 471 g/mol. The maximum Gasteiger partial charge on any atom is 0.131 e. The highest BCUT2D eigenvalue weighted by molar-refractivity contribution is 7.85. The molecule has 32 heavy (non-hydrogen) atoms. The summed E-state index contributed by atoms with van der Waals surface area (Å²) in [6, 6.07) is 11.5. The molecule has 2 bridgehead atoms. The smallest absolute Gasteiger partial charge is 0.131 e. The lowest BCUT2D eigenvalue weighted by molar-refractivity contribution is 0.144. The van der Waals surface area contributed by atoms with Gasteiger partial charge in [0.25, 0.3) is 0 Å². The van der Waals surface area contributed by atoms with Crippen LogP contribution in [-0.2, 0) is 17.2 Å². The quantitative estimate of drug-likeness (QED) is 0.665. The van der Waals surface area contributed by atoms with Gasteiger partial charge in [0.1, 0.15) is 5.82 Å². The number of halogens is 1. The van der Waals surface area contributed by atoms with E-state index in [1.807, 2.05) is 12.1 Å². The maximum absolute atomic E-state index is 12.8. The molecule has 1 saturated carbocycles. The molecule has 4 heterocycles. The SMILES string of the molecule is O=S1CCc2nc(N3C4CCC3CC(c3ccc(Cl)cc3)C4)cc(NC3(CO)CCC3)c21. The minimum Gasteiger partial charge on any atom is -0.394 e. The number of fused-ring (bicyclic) bond motifs is 3. The number of aryl methyl sites for hydroxylation is 1. The van der Waals surface area contributed by atoms with Crippen LogP contribution in [0.5, 0.6) is 0 Å². The lowest BCUT2D eigenvalue weighted by Crippen LogP contribution is -2.48. The number of rotatable bonds is 5. The Morgan fingerprint density at radius 3 is 2.53 bits per heavy atom. The van der Waals surface area contributed by atoms with Gasteiger partial charge in [-0.05, 0) is 68.6 Å². The molecule has 4 aliphatic rings. The number of benzene rings is 1. The van der Waals surface area contributed by atoms with Gasteiger partial charge in [-0.1, -0.05) is 23.7 Å². The Labute approximate surface area is 197 Å². The van der Waals surface area contributed by atoms with Crippen LogP contribution in [0.25, 0.3) is 0 Å². The van der Waals surface area contributed by atoms with Crippen molar-refractivity contribution in [1.29, 1.82) is 0 Å². The summed E-state index contributed by atoms with van der Waals surface area (Å²) in [5, 5.41) is 14.4. The van der Waals surface area contributed by atoms with Gasteiger partial charge in [0.15, 0.2) is 0 Å². The molecule has 5 nitrogen and oxygen atoms in total. The first kappa shape index (κ1) is 20.9. The summed E-state index contributed by atoms with van der Waals surface area (Å²) in [5.74, 6) is 2.24. The van der Waals surface area contributed by atoms with E-state index in [1.54, 1.807) is 0 Å². The summed E-state index contributed by atoms with van der Waals surface area (Å²) < 4.78 is 12.8. The van der Waals surface area contributed by atoms with Crippen molar-refractivity contribution in [2.45, 2.75) is 79.8 Å². The van der Waals surface area contributed by atoms with E-state index in [-0.39, 0.29) is 12.1 Å². The Kier molecular flexibility index (Phi) is 5.23. The van der Waals surface area contributed by atoms with Crippen LogP contribution in [0.3, 0.4) is 0 Å². The summed E-state index contributed by atoms with van der Waals surface area (Å²) in [4.78, 5) is 8.47. The number of hydrogen-bond donors (Lipinski definition) is 2. The van der Waals surface area contributed by atoms with E-state index in [0.29, 0.717) is 23.8 Å². The van der Waals surface area contributed by atoms with Crippen molar-refractivity contribution < 1.29 is 9.32 Å². The number of pyridine rings is 1. The summed E-state index contributed by atoms with van der Waals surface area (Å²) in [6.07, 6.45) is 8.47. The van der Waals surface area contributed by atoms with Gasteiger partial charge in [-0.15, -0.1) is 0 Å². The second-order valence-corrected chi connectivity index (χ2v) is 12.0. The van der Waals surface area contributed by atoms with Crippen molar-refractivity contribution in [2.24, 2.45) is 0 Å². The molecule has 6 rings (SSSR count). The van der Waals surface area contributed by atoms with Crippen LogP contribution in [0.4, 0.5) is 11.5 Å². The molecular formula is C25H30ClN3O2S. The van der Waals surface area contributed by atoms with Gasteiger partial charge in [-0.3, -0.25) is 4.21 Å². The maximum atomic E-state index is 12.8. The number of aromatic nitrogens is 1. The Morgan fingerprint density at radius 1 is 1.19 bits per heavy atom. The number of nitrogens with one attached hydrogen (secondary N) is 1. The standard InChI is InChI=1S/C25H30ClN3O2S/c26-18-4-2-16(3-5-18)17-12-19-6-7-20(13-17)29(19)23-14-22(28-25(15-30)9-1-10-25)24-21(27-23)8-11-32(24)31/h2-5,14,17,19-20,30H,1,6-13,15H2,(H,27,28). The van der Waals surface area contributed by atoms with Crippen molar-refractivity contribution in [1.82, 2.24) is 4.98 Å². The highest BCUT2D eigenvalue weighted by atomic mass is 35.5. The molecule has 0 spiro atoms. The third-order valence-corrected chi connectivity index (χ3v) is 9.87. The first-order valence-electron chi connectivity index (χ1n) is 11.9. The fourth-order valence-electron chi connectivity index (χ4n) is 6.28. The van der Waals surface area contributed by atoms with Gasteiger partial charge >= 0.3 is 0 Å². The highest BCUT2D eigenvalue weighted by Crippen LogP contribution is 2.47. The van der Waals surface area contributed by atoms with E-state index < -0.39 is 10.8 Å². The van der Waals surface area contributed by atoms with E-state index in [1.165, 1.54) is 18.4 Å². The normalized spacial score (nSPS) is 30.1. The van der Waals surface area contributed by atoms with Crippen molar-refractivity contribution in [2.75, 3.05) is 22.6 Å². The number of piperidine rings is 1. The zero-order valence-corrected chi connectivity index (χ0v) is 19.8. The van der Waals surface area contributed by atoms with Crippen LogP contribution in [0.15, 0.2) is 35.2 Å². The van der Waals surface area contributed by atoms with Gasteiger partial charge < -0.3 is 15.3 Å². The fourth-order valence-corrected chi connectivity index (χ4v) is 7.76. The Morgan fingerprint density at radius 2 is 1.91 bits per heavy atom. The molecule has 3 fully saturated rings. The molecular weight excluding hydrogens is 442 g/mol. The summed E-state index contributed by atoms with van der Waals surface area (Å²) >= 11 is 6.11. The molecule has 0 radical (unpaired) electrons. The number of aliphatic hydroxyl groups excluding tert-OH is 1. The van der Waals surface area contributed by atoms with Crippen molar-refractivity contribution in [3.8, 4) is 0 Å². The zero-order valence-electron chi connectivity index (χ0n) is 18.2. The fraction of sp³-hybridized carbons (Fsp3) is 0.560. The molecule has 2 N–H and O–H groups in total. The molecule has 1 aromatic heterocycles. The van der Waals surface area contributed by atoms with Crippen LogP contribution in [-0.4, -0.2) is 44.3 Å². The first-order chi connectivity index (χ1) is 15.5. The topological polar surface area (TPSA) is 65.5 Å². The van der Waals surface area contributed by atoms with E-state index in [2.05, 4.69) is 28.4 Å². The average Bonchev–Trinajstić information content (AvgIpc) is 3.27. The third kappa shape index (κ3) is 3.46. The van der Waals surface area contributed by atoms with E-state index in [0.717, 1.165) is 65.6 Å². The minimum absolute atomic E-state index is 0.115. The van der Waals surface area contributed by atoms with Crippen LogP contribution in [0, 0.1) is 0 Å². The molecule has 2 saturated heterocycles. The number of aliphatic hydroxyl groups is 1. The second-order valence-electron chi connectivity index (χ2n) is 10.0. The Hall–Kier alpha value is -1.63. The summed E-state index contributed by atoms with van der Waals surface area (Å²) in [6.45, 7) is 0.115. The largest absolute Gasteiger partial charge is 0.394 e. The molecule has 0 amide bonds. The lowest BCUT2D eigenvalue weighted by atomic mass is 9.77. The summed E-state index contributed by atoms with van der Waals surface area (Å²) in [7, 11) is -1.01. The van der Waals surface area contributed by atoms with Crippen LogP contribution in [0.1, 0.15) is 62.1 Å². The average molecular weight is 472 g/mol. The minimum atomic E-state index is -1.01.